The first-order chi connectivity index (χ1) is 12.1. The van der Waals surface area contributed by atoms with Crippen molar-refractivity contribution in [3.05, 3.63) is 65.7 Å². The molecule has 0 saturated heterocycles. The number of amides is 1. The quantitative estimate of drug-likeness (QED) is 0.621. The molecule has 5 nitrogen and oxygen atoms in total. The van der Waals surface area contributed by atoms with Gasteiger partial charge in [-0.25, -0.2) is 4.98 Å². The van der Waals surface area contributed by atoms with Gasteiger partial charge in [0, 0.05) is 25.4 Å². The number of carbonyl (C=O) groups excluding carboxylic acids is 1. The van der Waals surface area contributed by atoms with Crippen molar-refractivity contribution in [2.24, 2.45) is 7.05 Å². The molecule has 0 aliphatic rings. The number of carbonyl (C=O) groups is 1. The number of rotatable bonds is 4. The Labute approximate surface area is 145 Å². The lowest BCUT2D eigenvalue weighted by Gasteiger charge is -2.04. The minimum absolute atomic E-state index is 0.201. The maximum absolute atomic E-state index is 12.3. The van der Waals surface area contributed by atoms with E-state index in [1.165, 1.54) is 0 Å². The Morgan fingerprint density at radius 2 is 2.04 bits per heavy atom. The molecule has 1 amide bonds. The van der Waals surface area contributed by atoms with Crippen LogP contribution in [-0.2, 0) is 13.5 Å². The largest absolute Gasteiger partial charge is 0.451 e. The van der Waals surface area contributed by atoms with Crippen molar-refractivity contribution in [1.29, 1.82) is 0 Å². The lowest BCUT2D eigenvalue weighted by atomic mass is 10.2. The third kappa shape index (κ3) is 2.89. The van der Waals surface area contributed by atoms with Gasteiger partial charge in [0.2, 0.25) is 0 Å². The second-order valence-corrected chi connectivity index (χ2v) is 6.23. The average Bonchev–Trinajstić information content (AvgIpc) is 3.16. The fourth-order valence-corrected chi connectivity index (χ4v) is 3.07. The van der Waals surface area contributed by atoms with Gasteiger partial charge in [-0.3, -0.25) is 4.79 Å². The van der Waals surface area contributed by atoms with Crippen LogP contribution in [0.3, 0.4) is 0 Å². The van der Waals surface area contributed by atoms with E-state index in [0.29, 0.717) is 18.7 Å². The van der Waals surface area contributed by atoms with Gasteiger partial charge in [-0.05, 0) is 37.3 Å². The van der Waals surface area contributed by atoms with Crippen LogP contribution in [0.1, 0.15) is 21.9 Å². The number of aromatic nitrogens is 2. The van der Waals surface area contributed by atoms with Crippen molar-refractivity contribution in [3.63, 3.8) is 0 Å². The molecule has 0 aliphatic carbocycles. The number of aryl methyl sites for hydroxylation is 2. The number of furan rings is 1. The number of para-hydroxylation sites is 2. The van der Waals surface area contributed by atoms with E-state index in [1.54, 1.807) is 6.07 Å². The summed E-state index contributed by atoms with van der Waals surface area (Å²) in [7, 11) is 1.99. The molecule has 2 heterocycles. The second kappa shape index (κ2) is 6.09. The summed E-state index contributed by atoms with van der Waals surface area (Å²) in [5.74, 6) is 1.08. The van der Waals surface area contributed by atoms with Crippen molar-refractivity contribution >= 4 is 27.9 Å². The van der Waals surface area contributed by atoms with E-state index in [1.807, 2.05) is 56.4 Å². The number of hydrogen-bond acceptors (Lipinski definition) is 3. The molecule has 4 rings (SSSR count). The third-order valence-corrected chi connectivity index (χ3v) is 4.41. The second-order valence-electron chi connectivity index (χ2n) is 6.23. The van der Waals surface area contributed by atoms with Crippen LogP contribution >= 0.6 is 0 Å². The van der Waals surface area contributed by atoms with Crippen LogP contribution in [0, 0.1) is 6.92 Å². The molecule has 0 saturated carbocycles. The molecule has 0 bridgehead atoms. The van der Waals surface area contributed by atoms with E-state index in [0.717, 1.165) is 33.4 Å². The molecular weight excluding hydrogens is 314 g/mol. The van der Waals surface area contributed by atoms with Crippen molar-refractivity contribution in [2.75, 3.05) is 6.54 Å². The van der Waals surface area contributed by atoms with Crippen molar-refractivity contribution in [2.45, 2.75) is 13.3 Å². The summed E-state index contributed by atoms with van der Waals surface area (Å²) in [5.41, 5.74) is 3.93. The van der Waals surface area contributed by atoms with Gasteiger partial charge in [0.1, 0.15) is 11.4 Å². The van der Waals surface area contributed by atoms with Gasteiger partial charge in [0.15, 0.2) is 5.76 Å². The van der Waals surface area contributed by atoms with Gasteiger partial charge in [0.25, 0.3) is 5.91 Å². The maximum Gasteiger partial charge on any atom is 0.287 e. The highest BCUT2D eigenvalue weighted by Gasteiger charge is 2.13. The summed E-state index contributed by atoms with van der Waals surface area (Å²) < 4.78 is 7.69. The van der Waals surface area contributed by atoms with Crippen LogP contribution in [0.2, 0.25) is 0 Å². The number of benzene rings is 2. The van der Waals surface area contributed by atoms with Crippen LogP contribution < -0.4 is 5.32 Å². The third-order valence-electron chi connectivity index (χ3n) is 4.41. The lowest BCUT2D eigenvalue weighted by Crippen LogP contribution is -2.25. The molecule has 4 aromatic rings. The highest BCUT2D eigenvalue weighted by Crippen LogP contribution is 2.20. The SMILES string of the molecule is Cc1ccc2oc(C(=O)NCCc3nc4ccccc4n3C)cc2c1. The summed E-state index contributed by atoms with van der Waals surface area (Å²) in [6.07, 6.45) is 0.663. The van der Waals surface area contributed by atoms with Gasteiger partial charge < -0.3 is 14.3 Å². The van der Waals surface area contributed by atoms with Crippen LogP contribution in [-0.4, -0.2) is 22.0 Å². The van der Waals surface area contributed by atoms with E-state index in [9.17, 15) is 4.79 Å². The molecule has 0 spiro atoms. The van der Waals surface area contributed by atoms with E-state index in [-0.39, 0.29) is 5.91 Å². The molecule has 0 unspecified atom stereocenters. The molecule has 0 aliphatic heterocycles. The van der Waals surface area contributed by atoms with Crippen molar-refractivity contribution < 1.29 is 9.21 Å². The number of fused-ring (bicyclic) bond motifs is 2. The molecule has 0 fully saturated rings. The lowest BCUT2D eigenvalue weighted by molar-refractivity contribution is 0.0928. The fraction of sp³-hybridized carbons (Fsp3) is 0.200. The highest BCUT2D eigenvalue weighted by molar-refractivity contribution is 5.96. The standard InChI is InChI=1S/C20H19N3O2/c1-13-7-8-17-14(11-13)12-18(25-17)20(24)21-10-9-19-22-15-5-3-4-6-16(15)23(19)2/h3-8,11-12H,9-10H2,1-2H3,(H,21,24). The van der Waals surface area contributed by atoms with Crippen molar-refractivity contribution in [1.82, 2.24) is 14.9 Å². The van der Waals surface area contributed by atoms with Gasteiger partial charge in [-0.1, -0.05) is 23.8 Å². The van der Waals surface area contributed by atoms with Crippen LogP contribution in [0.5, 0.6) is 0 Å². The van der Waals surface area contributed by atoms with E-state index < -0.39 is 0 Å². The predicted octanol–water partition coefficient (Wildman–Crippen LogP) is 3.60. The Balaban J connectivity index is 1.44. The zero-order chi connectivity index (χ0) is 17.4. The smallest absolute Gasteiger partial charge is 0.287 e. The molecule has 5 heteroatoms. The normalized spacial score (nSPS) is 11.3. The molecule has 25 heavy (non-hydrogen) atoms. The zero-order valence-corrected chi connectivity index (χ0v) is 14.2. The topological polar surface area (TPSA) is 60.1 Å². The summed E-state index contributed by atoms with van der Waals surface area (Å²) >= 11 is 0. The Hall–Kier alpha value is -3.08. The molecule has 0 atom stereocenters. The molecule has 2 aromatic carbocycles. The number of hydrogen-bond donors (Lipinski definition) is 1. The summed E-state index contributed by atoms with van der Waals surface area (Å²) in [4.78, 5) is 16.9. The average molecular weight is 333 g/mol. The first-order valence-corrected chi connectivity index (χ1v) is 8.30. The van der Waals surface area contributed by atoms with Crippen molar-refractivity contribution in [3.8, 4) is 0 Å². The van der Waals surface area contributed by atoms with E-state index in [4.69, 9.17) is 4.42 Å². The van der Waals surface area contributed by atoms with Gasteiger partial charge in [-0.15, -0.1) is 0 Å². The van der Waals surface area contributed by atoms with Gasteiger partial charge >= 0.3 is 0 Å². The minimum atomic E-state index is -0.201. The fourth-order valence-electron chi connectivity index (χ4n) is 3.07. The molecule has 0 radical (unpaired) electrons. The van der Waals surface area contributed by atoms with Gasteiger partial charge in [0.05, 0.1) is 11.0 Å². The van der Waals surface area contributed by atoms with E-state index in [2.05, 4.69) is 14.9 Å². The van der Waals surface area contributed by atoms with E-state index >= 15 is 0 Å². The Bertz CT molecular complexity index is 1080. The molecule has 126 valence electrons. The summed E-state index contributed by atoms with van der Waals surface area (Å²) in [5, 5.41) is 3.85. The summed E-state index contributed by atoms with van der Waals surface area (Å²) in [6.45, 7) is 2.52. The zero-order valence-electron chi connectivity index (χ0n) is 14.2. The Kier molecular flexibility index (Phi) is 3.76. The number of imidazole rings is 1. The minimum Gasteiger partial charge on any atom is -0.451 e. The molecule has 1 N–H and O–H groups in total. The monoisotopic (exact) mass is 333 g/mol. The van der Waals surface area contributed by atoms with Gasteiger partial charge in [-0.2, -0.15) is 0 Å². The maximum atomic E-state index is 12.3. The van der Waals surface area contributed by atoms with Crippen LogP contribution in [0.25, 0.3) is 22.0 Å². The predicted molar refractivity (Wildman–Crippen MR) is 97.7 cm³/mol. The Morgan fingerprint density at radius 1 is 1.20 bits per heavy atom. The Morgan fingerprint density at radius 3 is 2.88 bits per heavy atom. The highest BCUT2D eigenvalue weighted by atomic mass is 16.3. The summed E-state index contributed by atoms with van der Waals surface area (Å²) in [6, 6.07) is 15.7. The molecule has 2 aromatic heterocycles. The number of nitrogens with zero attached hydrogens (tertiary/aromatic N) is 2. The first-order valence-electron chi connectivity index (χ1n) is 8.30. The van der Waals surface area contributed by atoms with Crippen LogP contribution in [0.15, 0.2) is 52.9 Å². The van der Waals surface area contributed by atoms with Crippen LogP contribution in [0.4, 0.5) is 0 Å². The molecular formula is C20H19N3O2. The number of nitrogens with one attached hydrogen (secondary N) is 1. The first kappa shape index (κ1) is 15.4.